The summed E-state index contributed by atoms with van der Waals surface area (Å²) in [6.45, 7) is -0.676. The second-order valence-corrected chi connectivity index (χ2v) is 25.7. The fraction of sp³-hybridized carbons (Fsp3) is 0.0250. The molecule has 0 N–H and O–H groups in total. The van der Waals surface area contributed by atoms with Crippen LogP contribution in [0.25, 0.3) is 0 Å². The number of benzene rings is 13. The third-order valence-corrected chi connectivity index (χ3v) is 20.7. The van der Waals surface area contributed by atoms with Crippen molar-refractivity contribution in [2.24, 2.45) is 0 Å². The first-order valence-electron chi connectivity index (χ1n) is 31.7. The van der Waals surface area contributed by atoms with Crippen molar-refractivity contribution < 1.29 is 18.9 Å². The van der Waals surface area contributed by atoms with Gasteiger partial charge in [0, 0.05) is 88.5 Å². The molecule has 0 saturated heterocycles. The molecule has 0 atom stereocenters. The summed E-state index contributed by atoms with van der Waals surface area (Å²) in [5, 5.41) is 0. The van der Waals surface area contributed by atoms with Crippen LogP contribution in [0.4, 0.5) is 73.9 Å². The SMILES string of the molecule is CSN1c2cc3c(cc2B2c4cc5c(cc4Oc4cc(N(c6ccccc6)c6ccccc6)cc1c42)N(SC)c1cc(N(c2ccccc2)c2ccccc2)cc2c1B5c1ccccc1O2)B1c2ccccc2Oc2cc(N(c4ccccc4)c4ccccc4)cc(c21)O3. The van der Waals surface area contributed by atoms with Gasteiger partial charge in [-0.2, -0.15) is 0 Å². The van der Waals surface area contributed by atoms with Crippen LogP contribution in [-0.2, 0) is 0 Å². The lowest BCUT2D eigenvalue weighted by Crippen LogP contribution is -2.64. The zero-order valence-corrected chi connectivity index (χ0v) is 52.8. The molecule has 6 aliphatic heterocycles. The lowest BCUT2D eigenvalue weighted by Gasteiger charge is -2.43. The second kappa shape index (κ2) is 21.8. The van der Waals surface area contributed by atoms with E-state index in [4.69, 9.17) is 18.9 Å². The van der Waals surface area contributed by atoms with Crippen LogP contribution in [-0.4, -0.2) is 32.6 Å². The summed E-state index contributed by atoms with van der Waals surface area (Å²) in [5.41, 5.74) is 23.3. The lowest BCUT2D eigenvalue weighted by atomic mass is 9.30. The van der Waals surface area contributed by atoms with E-state index in [0.29, 0.717) is 0 Å². The van der Waals surface area contributed by atoms with Crippen molar-refractivity contribution in [1.82, 2.24) is 0 Å². The molecule has 0 spiro atoms. The smallest absolute Gasteiger partial charge is 0.260 e. The quantitative estimate of drug-likeness (QED) is 0.0919. The van der Waals surface area contributed by atoms with Crippen molar-refractivity contribution in [3.63, 3.8) is 0 Å². The van der Waals surface area contributed by atoms with Gasteiger partial charge < -0.3 is 33.6 Å². The molecule has 6 aliphatic rings. The Bertz CT molecular complexity index is 5080. The molecule has 0 radical (unpaired) electrons. The summed E-state index contributed by atoms with van der Waals surface area (Å²) in [6, 6.07) is 104. The lowest BCUT2D eigenvalue weighted by molar-refractivity contribution is 0.465. The predicted octanol–water partition coefficient (Wildman–Crippen LogP) is 15.5. The van der Waals surface area contributed by atoms with Gasteiger partial charge in [0.2, 0.25) is 0 Å². The van der Waals surface area contributed by atoms with Gasteiger partial charge in [0.1, 0.15) is 46.0 Å². The summed E-state index contributed by atoms with van der Waals surface area (Å²) in [4.78, 5) is 6.93. The van der Waals surface area contributed by atoms with Crippen LogP contribution >= 0.6 is 23.9 Å². The Balaban J connectivity index is 0.841. The molecule has 19 rings (SSSR count). The van der Waals surface area contributed by atoms with Crippen molar-refractivity contribution in [3.05, 3.63) is 291 Å². The minimum Gasteiger partial charge on any atom is -0.458 e. The summed E-state index contributed by atoms with van der Waals surface area (Å²) < 4.78 is 34.2. The molecule has 444 valence electrons. The van der Waals surface area contributed by atoms with Gasteiger partial charge in [-0.25, -0.2) is 0 Å². The van der Waals surface area contributed by atoms with E-state index in [1.807, 2.05) is 0 Å². The monoisotopic (exact) mass is 1250 g/mol. The molecule has 9 nitrogen and oxygen atoms in total. The zero-order chi connectivity index (χ0) is 62.1. The molecule has 6 heterocycles. The Morgan fingerprint density at radius 2 is 0.511 bits per heavy atom. The highest BCUT2D eigenvalue weighted by atomic mass is 32.2. The number of fused-ring (bicyclic) bond motifs is 12. The van der Waals surface area contributed by atoms with E-state index in [1.165, 1.54) is 5.46 Å². The number of para-hydroxylation sites is 8. The molecular weight excluding hydrogens is 1190 g/mol. The number of hydrogen-bond donors (Lipinski definition) is 0. The Morgan fingerprint density at radius 1 is 0.234 bits per heavy atom. The molecule has 0 unspecified atom stereocenters. The summed E-state index contributed by atoms with van der Waals surface area (Å²) in [7, 11) is 0. The largest absolute Gasteiger partial charge is 0.458 e. The number of nitrogens with zero attached hydrogens (tertiary/aromatic N) is 5. The molecule has 13 aromatic rings. The molecule has 0 aromatic heterocycles. The molecular formula is C80H54B3N5O4S2. The number of ether oxygens (including phenoxy) is 4. The maximum Gasteiger partial charge on any atom is 0.260 e. The Labute approximate surface area is 555 Å². The minimum absolute atomic E-state index is 0.177. The van der Waals surface area contributed by atoms with Crippen molar-refractivity contribution in [1.29, 1.82) is 0 Å². The Hall–Kier alpha value is -11.0. The molecule has 13 aromatic carbocycles. The van der Waals surface area contributed by atoms with Crippen LogP contribution in [0.3, 0.4) is 0 Å². The molecule has 94 heavy (non-hydrogen) atoms. The molecule has 0 bridgehead atoms. The minimum atomic E-state index is -0.284. The van der Waals surface area contributed by atoms with Crippen LogP contribution in [0.15, 0.2) is 291 Å². The van der Waals surface area contributed by atoms with E-state index in [9.17, 15) is 0 Å². The fourth-order valence-corrected chi connectivity index (χ4v) is 16.8. The standard InChI is InChI=1S/C80H54B3N5O4S2/c1-93-87-66-49-73-65(47-62(66)81-60-37-21-23-39-70(60)89-74-43-57(41-68(87)78(74)81)84(51-25-9-3-10-26-51)52-27-11-4-12-28-52)83-63-48-64-72(50-67(63)88(94-2)69-42-58(44-75(91-73)79(69)83)85(53-29-13-5-14-30-53)54-31-15-6-16-32-54)92-77-46-59(45-76-80(77)82(64)61-38-22-24-40-71(61)90-76)86(55-33-17-7-18-34-55)56-35-19-8-20-36-56/h3-50H,1-2H3. The fourth-order valence-electron chi connectivity index (χ4n) is 15.3. The van der Waals surface area contributed by atoms with Gasteiger partial charge in [-0.05, 0) is 165 Å². The highest BCUT2D eigenvalue weighted by Crippen LogP contribution is 2.51. The van der Waals surface area contributed by atoms with Gasteiger partial charge in [-0.3, -0.25) is 8.61 Å². The van der Waals surface area contributed by atoms with Gasteiger partial charge >= 0.3 is 0 Å². The second-order valence-electron chi connectivity index (χ2n) is 24.3. The highest BCUT2D eigenvalue weighted by Gasteiger charge is 2.49. The maximum absolute atomic E-state index is 7.69. The summed E-state index contributed by atoms with van der Waals surface area (Å²) >= 11 is 3.38. The first-order chi connectivity index (χ1) is 46.5. The third-order valence-electron chi connectivity index (χ3n) is 19.2. The molecule has 0 aliphatic carbocycles. The molecule has 14 heteroatoms. The van der Waals surface area contributed by atoms with Crippen LogP contribution in [0.2, 0.25) is 0 Å². The van der Waals surface area contributed by atoms with Gasteiger partial charge in [0.25, 0.3) is 20.1 Å². The predicted molar refractivity (Wildman–Crippen MR) is 395 cm³/mol. The summed E-state index contributed by atoms with van der Waals surface area (Å²) in [6.07, 6.45) is 4.34. The topological polar surface area (TPSA) is 53.1 Å². The maximum atomic E-state index is 7.69. The van der Waals surface area contributed by atoms with Crippen molar-refractivity contribution in [3.8, 4) is 46.0 Å². The van der Waals surface area contributed by atoms with Gasteiger partial charge in [-0.15, -0.1) is 0 Å². The molecule has 0 fully saturated rings. The number of anilines is 13. The first-order valence-corrected chi connectivity index (χ1v) is 34.1. The Morgan fingerprint density at radius 3 is 0.851 bits per heavy atom. The molecule has 0 amide bonds. The third kappa shape index (κ3) is 8.49. The van der Waals surface area contributed by atoms with Gasteiger partial charge in [-0.1, -0.05) is 158 Å². The van der Waals surface area contributed by atoms with Crippen LogP contribution in [0.5, 0.6) is 46.0 Å². The van der Waals surface area contributed by atoms with Crippen molar-refractivity contribution in [2.75, 3.05) is 35.8 Å². The zero-order valence-electron chi connectivity index (χ0n) is 51.1. The van der Waals surface area contributed by atoms with Crippen LogP contribution < -0.4 is 91.4 Å². The van der Waals surface area contributed by atoms with Crippen molar-refractivity contribution in [2.45, 2.75) is 0 Å². The van der Waals surface area contributed by atoms with E-state index in [-0.39, 0.29) is 20.1 Å². The average Bonchev–Trinajstić information content (AvgIpc) is 0.700. The Kier molecular flexibility index (Phi) is 12.7. The first kappa shape index (κ1) is 54.7. The number of rotatable bonds is 11. The summed E-state index contributed by atoms with van der Waals surface area (Å²) in [5.74, 6) is 6.41. The van der Waals surface area contributed by atoms with Crippen molar-refractivity contribution >= 4 is 167 Å². The number of hydrogen-bond acceptors (Lipinski definition) is 11. The van der Waals surface area contributed by atoms with Gasteiger partial charge in [0.15, 0.2) is 0 Å². The van der Waals surface area contributed by atoms with E-state index in [2.05, 4.69) is 327 Å². The van der Waals surface area contributed by atoms with E-state index >= 15 is 0 Å². The van der Waals surface area contributed by atoms with E-state index in [1.54, 1.807) is 23.9 Å². The van der Waals surface area contributed by atoms with Crippen LogP contribution in [0, 0.1) is 0 Å². The normalized spacial score (nSPS) is 13.3. The van der Waals surface area contributed by atoms with E-state index < -0.39 is 0 Å². The molecule has 0 saturated carbocycles. The van der Waals surface area contributed by atoms with Gasteiger partial charge in [0.05, 0.1) is 39.8 Å². The highest BCUT2D eigenvalue weighted by molar-refractivity contribution is 8.00. The van der Waals surface area contributed by atoms with Crippen LogP contribution in [0.1, 0.15) is 0 Å². The van der Waals surface area contributed by atoms with E-state index in [0.717, 1.165) is 164 Å². The average molecular weight is 1250 g/mol.